The maximum Gasteiger partial charge on any atom is 0.407 e. The van der Waals surface area contributed by atoms with Crippen LogP contribution in [-0.4, -0.2) is 46.2 Å². The number of hydrogen-bond donors (Lipinski definition) is 0. The predicted molar refractivity (Wildman–Crippen MR) is 103 cm³/mol. The molecule has 7 heteroatoms. The highest BCUT2D eigenvalue weighted by Gasteiger charge is 2.52. The number of amides is 3. The number of imidazole rings is 1. The number of nitrogens with zero attached hydrogens (tertiary/aromatic N) is 5. The van der Waals surface area contributed by atoms with Crippen molar-refractivity contribution in [2.75, 3.05) is 14.1 Å². The average Bonchev–Trinajstić information content (AvgIpc) is 3.28. The largest absolute Gasteiger partial charge is 0.407 e. The van der Waals surface area contributed by atoms with Crippen molar-refractivity contribution in [1.29, 1.82) is 0 Å². The fourth-order valence-corrected chi connectivity index (χ4v) is 3.79. The van der Waals surface area contributed by atoms with Crippen molar-refractivity contribution >= 4 is 23.7 Å². The van der Waals surface area contributed by atoms with Gasteiger partial charge in [0.05, 0.1) is 0 Å². The van der Waals surface area contributed by atoms with Crippen LogP contribution in [0.5, 0.6) is 0 Å². The molecule has 0 saturated carbocycles. The molecule has 7 nitrogen and oxygen atoms in total. The van der Waals surface area contributed by atoms with E-state index in [-0.39, 0.29) is 11.9 Å². The number of benzene rings is 2. The molecular weight excluding hydrogens is 354 g/mol. The van der Waals surface area contributed by atoms with E-state index in [4.69, 9.17) is 4.99 Å². The standard InChI is InChI=1S/C21H18N5O2/c1-23-18-17(19(27)24(2)21(23)28)25-13-16(14-9-5-3-6-10-14)26(20(25)22-18)15-11-7-4-8-12-15/h3-13,17H,1-2H3/q+1. The minimum Gasteiger partial charge on any atom is -0.270 e. The van der Waals surface area contributed by atoms with E-state index in [2.05, 4.69) is 0 Å². The number of hydrogen-bond acceptors (Lipinski definition) is 3. The van der Waals surface area contributed by atoms with Crippen LogP contribution in [0.1, 0.15) is 6.04 Å². The minimum absolute atomic E-state index is 0.282. The molecule has 1 fully saturated rings. The number of aliphatic imine (C=N–C) groups is 1. The third-order valence-electron chi connectivity index (χ3n) is 5.24. The number of amidine groups is 1. The van der Waals surface area contributed by atoms with Crippen molar-refractivity contribution in [3.05, 3.63) is 66.9 Å². The van der Waals surface area contributed by atoms with E-state index >= 15 is 0 Å². The lowest BCUT2D eigenvalue weighted by molar-refractivity contribution is -0.676. The van der Waals surface area contributed by atoms with Crippen LogP contribution in [0.4, 0.5) is 10.7 Å². The Labute approximate surface area is 161 Å². The van der Waals surface area contributed by atoms with Gasteiger partial charge in [0.15, 0.2) is 0 Å². The minimum atomic E-state index is -0.643. The maximum atomic E-state index is 12.9. The lowest BCUT2D eigenvalue weighted by Gasteiger charge is -2.30. The van der Waals surface area contributed by atoms with Gasteiger partial charge in [-0.3, -0.25) is 14.6 Å². The Bertz CT molecular complexity index is 1130. The normalized spacial score (nSPS) is 18.2. The van der Waals surface area contributed by atoms with E-state index in [9.17, 15) is 9.59 Å². The highest BCUT2D eigenvalue weighted by Crippen LogP contribution is 2.34. The zero-order chi connectivity index (χ0) is 19.4. The summed E-state index contributed by atoms with van der Waals surface area (Å²) >= 11 is 0. The number of carbonyl (C=O) groups excluding carboxylic acids is 2. The first-order valence-corrected chi connectivity index (χ1v) is 8.99. The Morgan fingerprint density at radius 3 is 2.21 bits per heavy atom. The highest BCUT2D eigenvalue weighted by atomic mass is 16.2. The molecule has 28 heavy (non-hydrogen) atoms. The van der Waals surface area contributed by atoms with Crippen LogP contribution >= 0.6 is 0 Å². The van der Waals surface area contributed by atoms with Crippen molar-refractivity contribution in [2.24, 2.45) is 4.99 Å². The number of fused-ring (bicyclic) bond motifs is 3. The molecule has 1 unspecified atom stereocenters. The molecule has 3 amide bonds. The summed E-state index contributed by atoms with van der Waals surface area (Å²) in [4.78, 5) is 32.5. The lowest BCUT2D eigenvalue weighted by Crippen LogP contribution is -2.61. The summed E-state index contributed by atoms with van der Waals surface area (Å²) in [5.74, 6) is 0.788. The summed E-state index contributed by atoms with van der Waals surface area (Å²) in [7, 11) is 3.15. The summed E-state index contributed by atoms with van der Waals surface area (Å²) in [6.07, 6.45) is 1.94. The second-order valence-electron chi connectivity index (χ2n) is 6.87. The average molecular weight is 372 g/mol. The van der Waals surface area contributed by atoms with Crippen LogP contribution in [-0.2, 0) is 4.79 Å². The summed E-state index contributed by atoms with van der Waals surface area (Å²) in [5, 5.41) is 0. The summed E-state index contributed by atoms with van der Waals surface area (Å²) in [5.41, 5.74) is 2.89. The molecule has 1 aromatic heterocycles. The third-order valence-corrected chi connectivity index (χ3v) is 5.24. The second kappa shape index (κ2) is 5.88. The molecule has 138 valence electrons. The van der Waals surface area contributed by atoms with Gasteiger partial charge in [-0.2, -0.15) is 4.57 Å². The van der Waals surface area contributed by atoms with Crippen molar-refractivity contribution in [2.45, 2.75) is 6.04 Å². The first-order chi connectivity index (χ1) is 13.6. The van der Waals surface area contributed by atoms with Crippen LogP contribution in [0.3, 0.4) is 0 Å². The van der Waals surface area contributed by atoms with Gasteiger partial charge in [-0.15, -0.1) is 0 Å². The number of aromatic nitrogens is 2. The second-order valence-corrected chi connectivity index (χ2v) is 6.87. The van der Waals surface area contributed by atoms with Gasteiger partial charge in [-0.05, 0) is 12.1 Å². The molecule has 2 aliphatic heterocycles. The molecule has 1 atom stereocenters. The van der Waals surface area contributed by atoms with E-state index in [0.29, 0.717) is 11.8 Å². The first kappa shape index (κ1) is 16.4. The Morgan fingerprint density at radius 2 is 1.54 bits per heavy atom. The molecule has 3 heterocycles. The topological polar surface area (TPSA) is 61.8 Å². The van der Waals surface area contributed by atoms with Gasteiger partial charge < -0.3 is 0 Å². The third kappa shape index (κ3) is 2.16. The van der Waals surface area contributed by atoms with Crippen LogP contribution in [0.2, 0.25) is 0 Å². The number of rotatable bonds is 2. The van der Waals surface area contributed by atoms with Gasteiger partial charge in [0.2, 0.25) is 11.9 Å². The molecule has 0 spiro atoms. The highest BCUT2D eigenvalue weighted by molar-refractivity contribution is 6.18. The quantitative estimate of drug-likeness (QED) is 0.649. The summed E-state index contributed by atoms with van der Waals surface area (Å²) < 4.78 is 3.87. The molecule has 1 saturated heterocycles. The van der Waals surface area contributed by atoms with E-state index in [1.807, 2.05) is 76.0 Å². The Balaban J connectivity index is 1.78. The molecular formula is C21H18N5O2+. The zero-order valence-corrected chi connectivity index (χ0v) is 15.5. The van der Waals surface area contributed by atoms with Crippen LogP contribution < -0.4 is 4.57 Å². The Kier molecular flexibility index (Phi) is 3.45. The molecule has 2 aromatic carbocycles. The van der Waals surface area contributed by atoms with Gasteiger partial charge in [0.25, 0.3) is 5.91 Å². The molecule has 0 bridgehead atoms. The molecule has 0 N–H and O–H groups in total. The zero-order valence-electron chi connectivity index (χ0n) is 15.5. The van der Waals surface area contributed by atoms with Gasteiger partial charge in [0, 0.05) is 19.7 Å². The van der Waals surface area contributed by atoms with Crippen molar-refractivity contribution in [1.82, 2.24) is 14.4 Å². The number of urea groups is 1. The molecule has 3 aromatic rings. The Hall–Kier alpha value is -3.74. The van der Waals surface area contributed by atoms with E-state index in [1.165, 1.54) is 11.9 Å². The monoisotopic (exact) mass is 372 g/mol. The molecule has 0 aliphatic carbocycles. The van der Waals surface area contributed by atoms with Gasteiger partial charge in [0.1, 0.15) is 17.6 Å². The first-order valence-electron chi connectivity index (χ1n) is 8.99. The number of para-hydroxylation sites is 1. The fourth-order valence-electron chi connectivity index (χ4n) is 3.79. The van der Waals surface area contributed by atoms with Gasteiger partial charge in [-0.1, -0.05) is 53.5 Å². The number of likely N-dealkylation sites (N-methyl/N-ethyl adjacent to an activating group) is 2. The van der Waals surface area contributed by atoms with E-state index in [0.717, 1.165) is 21.8 Å². The number of imide groups is 1. The number of carbonyl (C=O) groups is 2. The van der Waals surface area contributed by atoms with Crippen LogP contribution in [0, 0.1) is 0 Å². The van der Waals surface area contributed by atoms with Gasteiger partial charge in [-0.25, -0.2) is 9.36 Å². The summed E-state index contributed by atoms with van der Waals surface area (Å²) in [6.45, 7) is 0. The molecule has 2 aliphatic rings. The van der Waals surface area contributed by atoms with Gasteiger partial charge >= 0.3 is 12.0 Å². The Morgan fingerprint density at radius 1 is 0.893 bits per heavy atom. The van der Waals surface area contributed by atoms with Crippen LogP contribution in [0.25, 0.3) is 16.9 Å². The van der Waals surface area contributed by atoms with E-state index in [1.54, 1.807) is 7.05 Å². The molecule has 5 rings (SSSR count). The van der Waals surface area contributed by atoms with E-state index < -0.39 is 6.04 Å². The van der Waals surface area contributed by atoms with Crippen molar-refractivity contribution in [3.63, 3.8) is 0 Å². The lowest BCUT2D eigenvalue weighted by atomic mass is 10.1. The van der Waals surface area contributed by atoms with Crippen molar-refractivity contribution in [3.8, 4) is 16.9 Å². The van der Waals surface area contributed by atoms with Crippen molar-refractivity contribution < 1.29 is 14.2 Å². The summed E-state index contributed by atoms with van der Waals surface area (Å²) in [6, 6.07) is 18.8. The van der Waals surface area contributed by atoms with Crippen LogP contribution in [0.15, 0.2) is 71.9 Å². The SMILES string of the molecule is CN1C(=O)C2C(=Nc3n(-c4ccccc4)c(-c4ccccc4)c[n+]32)N(C)C1=O. The smallest absolute Gasteiger partial charge is 0.270 e. The fraction of sp³-hybridized carbons (Fsp3) is 0.143. The molecule has 0 radical (unpaired) electrons. The predicted octanol–water partition coefficient (Wildman–Crippen LogP) is 2.54. The maximum absolute atomic E-state index is 12.9.